The predicted octanol–water partition coefficient (Wildman–Crippen LogP) is 0.270. The third kappa shape index (κ3) is 5.50. The van der Waals surface area contributed by atoms with Crippen LogP contribution in [0.15, 0.2) is 11.4 Å². The number of likely N-dealkylation sites (N-methyl/N-ethyl adjacent to an activating group) is 1. The predicted molar refractivity (Wildman–Crippen MR) is 68.7 cm³/mol. The molecule has 1 heterocycles. The number of nitrogens with one attached hydrogen (secondary N) is 1. The third-order valence-electron chi connectivity index (χ3n) is 1.89. The molecule has 0 saturated carbocycles. The van der Waals surface area contributed by atoms with Crippen molar-refractivity contribution in [3.63, 3.8) is 0 Å². The van der Waals surface area contributed by atoms with Gasteiger partial charge in [0.15, 0.2) is 0 Å². The zero-order valence-electron chi connectivity index (χ0n) is 9.99. The number of aliphatic hydroxyl groups is 1. The van der Waals surface area contributed by atoms with Crippen molar-refractivity contribution in [2.45, 2.75) is 6.54 Å². The SMILES string of the molecule is CN(C)CC(=O)NCc1cc(C#CCO)cs1. The van der Waals surface area contributed by atoms with Crippen LogP contribution in [0.3, 0.4) is 0 Å². The summed E-state index contributed by atoms with van der Waals surface area (Å²) < 4.78 is 0. The molecule has 0 aromatic carbocycles. The molecule has 0 atom stereocenters. The molecule has 2 N–H and O–H groups in total. The normalized spacial score (nSPS) is 9.88. The van der Waals surface area contributed by atoms with Crippen LogP contribution >= 0.6 is 11.3 Å². The molecule has 0 aliphatic heterocycles. The summed E-state index contributed by atoms with van der Waals surface area (Å²) >= 11 is 1.55. The molecule has 1 amide bonds. The number of hydrogen-bond acceptors (Lipinski definition) is 4. The van der Waals surface area contributed by atoms with Gasteiger partial charge in [0.1, 0.15) is 6.61 Å². The Balaban J connectivity index is 2.42. The minimum absolute atomic E-state index is 0.00592. The molecule has 0 aliphatic rings. The van der Waals surface area contributed by atoms with Gasteiger partial charge in [0.25, 0.3) is 0 Å². The van der Waals surface area contributed by atoms with Gasteiger partial charge in [-0.2, -0.15) is 0 Å². The van der Waals surface area contributed by atoms with Crippen molar-refractivity contribution in [2.75, 3.05) is 27.2 Å². The number of carbonyl (C=O) groups is 1. The fraction of sp³-hybridized carbons (Fsp3) is 0.417. The van der Waals surface area contributed by atoms with Crippen LogP contribution in [0.4, 0.5) is 0 Å². The number of hydrogen-bond donors (Lipinski definition) is 2. The molecule has 0 aliphatic carbocycles. The first kappa shape index (κ1) is 13.7. The maximum Gasteiger partial charge on any atom is 0.234 e. The Kier molecular flexibility index (Phi) is 5.70. The summed E-state index contributed by atoms with van der Waals surface area (Å²) in [4.78, 5) is 14.3. The second-order valence-electron chi connectivity index (χ2n) is 3.78. The van der Waals surface area contributed by atoms with E-state index < -0.39 is 0 Å². The van der Waals surface area contributed by atoms with E-state index in [2.05, 4.69) is 17.2 Å². The van der Waals surface area contributed by atoms with Gasteiger partial charge in [-0.25, -0.2) is 0 Å². The summed E-state index contributed by atoms with van der Waals surface area (Å²) in [5.41, 5.74) is 0.876. The zero-order valence-corrected chi connectivity index (χ0v) is 10.8. The summed E-state index contributed by atoms with van der Waals surface area (Å²) in [6, 6.07) is 1.92. The quantitative estimate of drug-likeness (QED) is 0.756. The molecule has 1 aromatic rings. The summed E-state index contributed by atoms with van der Waals surface area (Å²) in [5, 5.41) is 13.3. The highest BCUT2D eigenvalue weighted by atomic mass is 32.1. The molecule has 1 rings (SSSR count). The van der Waals surface area contributed by atoms with E-state index in [9.17, 15) is 4.79 Å². The van der Waals surface area contributed by atoms with Gasteiger partial charge in [-0.3, -0.25) is 4.79 Å². The van der Waals surface area contributed by atoms with Crippen LogP contribution in [0.1, 0.15) is 10.4 Å². The number of rotatable bonds is 4. The molecular formula is C12H16N2O2S. The topological polar surface area (TPSA) is 52.6 Å². The first-order valence-electron chi connectivity index (χ1n) is 5.20. The van der Waals surface area contributed by atoms with Crippen LogP contribution in [0.5, 0.6) is 0 Å². The van der Waals surface area contributed by atoms with Gasteiger partial charge in [0.2, 0.25) is 5.91 Å². The van der Waals surface area contributed by atoms with Gasteiger partial charge in [-0.15, -0.1) is 11.3 Å². The molecule has 5 heteroatoms. The summed E-state index contributed by atoms with van der Waals surface area (Å²) in [6.45, 7) is 0.783. The van der Waals surface area contributed by atoms with Crippen LogP contribution in [0, 0.1) is 11.8 Å². The maximum atomic E-state index is 11.4. The summed E-state index contributed by atoms with van der Waals surface area (Å²) in [7, 11) is 3.71. The molecule has 0 radical (unpaired) electrons. The molecule has 0 saturated heterocycles. The number of amides is 1. The highest BCUT2D eigenvalue weighted by Gasteiger charge is 2.03. The maximum absolute atomic E-state index is 11.4. The van der Waals surface area contributed by atoms with E-state index in [0.29, 0.717) is 13.1 Å². The van der Waals surface area contributed by atoms with Crippen LogP contribution in [-0.2, 0) is 11.3 Å². The van der Waals surface area contributed by atoms with E-state index in [1.54, 1.807) is 11.3 Å². The molecule has 0 unspecified atom stereocenters. The van der Waals surface area contributed by atoms with E-state index in [0.717, 1.165) is 10.4 Å². The van der Waals surface area contributed by atoms with Gasteiger partial charge in [0.05, 0.1) is 13.1 Å². The van der Waals surface area contributed by atoms with Gasteiger partial charge in [-0.1, -0.05) is 11.8 Å². The zero-order chi connectivity index (χ0) is 12.7. The van der Waals surface area contributed by atoms with E-state index >= 15 is 0 Å². The van der Waals surface area contributed by atoms with E-state index in [1.165, 1.54) is 0 Å². The van der Waals surface area contributed by atoms with Crippen molar-refractivity contribution < 1.29 is 9.90 Å². The average Bonchev–Trinajstić information content (AvgIpc) is 2.70. The minimum atomic E-state index is -0.134. The lowest BCUT2D eigenvalue weighted by Crippen LogP contribution is -2.32. The lowest BCUT2D eigenvalue weighted by molar-refractivity contribution is -0.121. The average molecular weight is 252 g/mol. The lowest BCUT2D eigenvalue weighted by atomic mass is 10.3. The van der Waals surface area contributed by atoms with E-state index in [1.807, 2.05) is 30.4 Å². The Morgan fingerprint density at radius 2 is 2.35 bits per heavy atom. The Morgan fingerprint density at radius 3 is 3.00 bits per heavy atom. The first-order chi connectivity index (χ1) is 8.11. The molecule has 0 bridgehead atoms. The molecular weight excluding hydrogens is 236 g/mol. The summed E-state index contributed by atoms with van der Waals surface area (Å²) in [6.07, 6.45) is 0. The number of carbonyl (C=O) groups excluding carboxylic acids is 1. The smallest absolute Gasteiger partial charge is 0.234 e. The van der Waals surface area contributed by atoms with Crippen molar-refractivity contribution >= 4 is 17.2 Å². The van der Waals surface area contributed by atoms with Gasteiger partial charge < -0.3 is 15.3 Å². The van der Waals surface area contributed by atoms with Crippen LogP contribution in [0.25, 0.3) is 0 Å². The fourth-order valence-electron chi connectivity index (χ4n) is 1.21. The third-order valence-corrected chi connectivity index (χ3v) is 2.82. The molecule has 4 nitrogen and oxygen atoms in total. The Hall–Kier alpha value is -1.35. The van der Waals surface area contributed by atoms with Crippen LogP contribution < -0.4 is 5.32 Å². The summed E-state index contributed by atoms with van der Waals surface area (Å²) in [5.74, 6) is 5.42. The van der Waals surface area contributed by atoms with Crippen molar-refractivity contribution in [3.05, 3.63) is 21.9 Å². The lowest BCUT2D eigenvalue weighted by Gasteiger charge is -2.08. The van der Waals surface area contributed by atoms with Crippen LogP contribution in [0.2, 0.25) is 0 Å². The number of thiophene rings is 1. The Bertz CT molecular complexity index is 429. The molecule has 92 valence electrons. The monoisotopic (exact) mass is 252 g/mol. The number of nitrogens with zero attached hydrogens (tertiary/aromatic N) is 1. The Labute approximate surface area is 105 Å². The van der Waals surface area contributed by atoms with E-state index in [4.69, 9.17) is 5.11 Å². The van der Waals surface area contributed by atoms with Gasteiger partial charge in [0, 0.05) is 15.8 Å². The molecule has 1 aromatic heterocycles. The van der Waals surface area contributed by atoms with Crippen LogP contribution in [-0.4, -0.2) is 43.2 Å². The van der Waals surface area contributed by atoms with Crippen molar-refractivity contribution in [1.82, 2.24) is 10.2 Å². The molecule has 0 spiro atoms. The van der Waals surface area contributed by atoms with Gasteiger partial charge >= 0.3 is 0 Å². The van der Waals surface area contributed by atoms with E-state index in [-0.39, 0.29) is 12.5 Å². The Morgan fingerprint density at radius 1 is 1.59 bits per heavy atom. The highest BCUT2D eigenvalue weighted by molar-refractivity contribution is 7.10. The second-order valence-corrected chi connectivity index (χ2v) is 4.77. The largest absolute Gasteiger partial charge is 0.384 e. The minimum Gasteiger partial charge on any atom is -0.384 e. The fourth-order valence-corrected chi connectivity index (χ4v) is 1.97. The molecule has 17 heavy (non-hydrogen) atoms. The van der Waals surface area contributed by atoms with Crippen molar-refractivity contribution in [3.8, 4) is 11.8 Å². The molecule has 0 fully saturated rings. The standard InChI is InChI=1S/C12H16N2O2S/c1-14(2)8-12(16)13-7-11-6-10(9-17-11)4-3-5-15/h6,9,15H,5,7-8H2,1-2H3,(H,13,16). The number of aliphatic hydroxyl groups excluding tert-OH is 1. The van der Waals surface area contributed by atoms with Crippen molar-refractivity contribution in [2.24, 2.45) is 0 Å². The highest BCUT2D eigenvalue weighted by Crippen LogP contribution is 2.13. The van der Waals surface area contributed by atoms with Crippen molar-refractivity contribution in [1.29, 1.82) is 0 Å². The van der Waals surface area contributed by atoms with Gasteiger partial charge in [-0.05, 0) is 20.2 Å². The first-order valence-corrected chi connectivity index (χ1v) is 6.08. The second kappa shape index (κ2) is 7.07.